The lowest BCUT2D eigenvalue weighted by molar-refractivity contribution is -0.134. The first-order valence-corrected chi connectivity index (χ1v) is 4.26. The van der Waals surface area contributed by atoms with E-state index in [1.165, 1.54) is 6.08 Å². The van der Waals surface area contributed by atoms with E-state index >= 15 is 0 Å². The molecule has 0 saturated carbocycles. The van der Waals surface area contributed by atoms with Crippen molar-refractivity contribution < 1.29 is 22.9 Å². The van der Waals surface area contributed by atoms with Crippen molar-refractivity contribution in [2.75, 3.05) is 6.54 Å². The summed E-state index contributed by atoms with van der Waals surface area (Å²) in [6.07, 6.45) is 1.33. The van der Waals surface area contributed by atoms with Crippen LogP contribution in [0.5, 0.6) is 0 Å². The molecule has 0 spiro atoms. The standard InChI is InChI=1S/C3H7NO3S.C2H4O2/c1-2-3-4-8(5,6)7;1-2(3)4/h2,4H,1,3H2,(H,5,6,7);1H3,(H,3,4). The van der Waals surface area contributed by atoms with Gasteiger partial charge >= 0.3 is 10.3 Å². The second-order valence-corrected chi connectivity index (χ2v) is 2.87. The molecule has 6 nitrogen and oxygen atoms in total. The van der Waals surface area contributed by atoms with Gasteiger partial charge in [0.25, 0.3) is 5.97 Å². The lowest BCUT2D eigenvalue weighted by Gasteiger charge is -1.91. The van der Waals surface area contributed by atoms with Gasteiger partial charge in [0.1, 0.15) is 0 Å². The molecule has 0 unspecified atom stereocenters. The highest BCUT2D eigenvalue weighted by Gasteiger charge is 1.96. The number of aliphatic carboxylic acids is 1. The van der Waals surface area contributed by atoms with E-state index in [2.05, 4.69) is 6.58 Å². The third-order valence-corrected chi connectivity index (χ3v) is 0.942. The van der Waals surface area contributed by atoms with Crippen molar-refractivity contribution >= 4 is 16.3 Å². The highest BCUT2D eigenvalue weighted by Crippen LogP contribution is 1.69. The molecule has 0 fully saturated rings. The molecule has 0 aliphatic heterocycles. The summed E-state index contributed by atoms with van der Waals surface area (Å²) in [7, 11) is -4.01. The number of carboxylic acid groups (broad SMARTS) is 1. The maximum Gasteiger partial charge on any atom is 0.333 e. The quantitative estimate of drug-likeness (QED) is 0.424. The van der Waals surface area contributed by atoms with E-state index < -0.39 is 16.3 Å². The maximum absolute atomic E-state index is 9.79. The summed E-state index contributed by atoms with van der Waals surface area (Å²) in [5.41, 5.74) is 0. The number of nitrogens with one attached hydrogen (secondary N) is 1. The average molecular weight is 197 g/mol. The van der Waals surface area contributed by atoms with Crippen LogP contribution in [0.4, 0.5) is 0 Å². The number of carbonyl (C=O) groups is 1. The molecule has 0 saturated heterocycles. The topological polar surface area (TPSA) is 104 Å². The molecule has 72 valence electrons. The van der Waals surface area contributed by atoms with Gasteiger partial charge in [-0.2, -0.15) is 13.1 Å². The van der Waals surface area contributed by atoms with E-state index in [0.717, 1.165) is 6.92 Å². The molecule has 0 aromatic rings. The van der Waals surface area contributed by atoms with Crippen molar-refractivity contribution in [3.8, 4) is 0 Å². The molecule has 0 aromatic heterocycles. The molecule has 0 bridgehead atoms. The van der Waals surface area contributed by atoms with Crippen LogP contribution in [0, 0.1) is 0 Å². The monoisotopic (exact) mass is 197 g/mol. The SMILES string of the molecule is C=CCNS(=O)(=O)O.CC(=O)O. The summed E-state index contributed by atoms with van der Waals surface area (Å²) in [4.78, 5) is 9.00. The second-order valence-electron chi connectivity index (χ2n) is 1.63. The Morgan fingerprint density at radius 2 is 2.00 bits per heavy atom. The van der Waals surface area contributed by atoms with Crippen LogP contribution >= 0.6 is 0 Å². The van der Waals surface area contributed by atoms with Crippen LogP contribution in [0.25, 0.3) is 0 Å². The Kier molecular flexibility index (Phi) is 7.70. The van der Waals surface area contributed by atoms with Crippen molar-refractivity contribution in [1.29, 1.82) is 0 Å². The van der Waals surface area contributed by atoms with Crippen molar-refractivity contribution in [1.82, 2.24) is 4.72 Å². The predicted molar refractivity (Wildman–Crippen MR) is 43.1 cm³/mol. The van der Waals surface area contributed by atoms with Crippen LogP contribution < -0.4 is 4.72 Å². The molecule has 0 radical (unpaired) electrons. The molecular formula is C5H11NO5S. The number of hydrogen-bond donors (Lipinski definition) is 3. The Balaban J connectivity index is 0. The van der Waals surface area contributed by atoms with Crippen molar-refractivity contribution in [3.05, 3.63) is 12.7 Å². The highest BCUT2D eigenvalue weighted by atomic mass is 32.2. The van der Waals surface area contributed by atoms with E-state index in [9.17, 15) is 8.42 Å². The summed E-state index contributed by atoms with van der Waals surface area (Å²) >= 11 is 0. The Morgan fingerprint density at radius 3 is 2.08 bits per heavy atom. The van der Waals surface area contributed by atoms with E-state index in [0.29, 0.717) is 0 Å². The second kappa shape index (κ2) is 6.77. The zero-order valence-corrected chi connectivity index (χ0v) is 7.34. The minimum Gasteiger partial charge on any atom is -0.481 e. The van der Waals surface area contributed by atoms with Crippen LogP contribution in [-0.4, -0.2) is 30.6 Å². The van der Waals surface area contributed by atoms with Gasteiger partial charge in [0, 0.05) is 13.5 Å². The minimum atomic E-state index is -4.01. The Bertz CT molecular complexity index is 228. The molecule has 0 aromatic carbocycles. The number of hydrogen-bond acceptors (Lipinski definition) is 3. The van der Waals surface area contributed by atoms with E-state index in [1.54, 1.807) is 4.72 Å². The van der Waals surface area contributed by atoms with Gasteiger partial charge in [-0.15, -0.1) is 6.58 Å². The number of carboxylic acids is 1. The molecule has 7 heteroatoms. The largest absolute Gasteiger partial charge is 0.481 e. The van der Waals surface area contributed by atoms with E-state index in [4.69, 9.17) is 14.5 Å². The fourth-order valence-electron chi connectivity index (χ4n) is 0.164. The molecule has 0 aliphatic rings. The fraction of sp³-hybridized carbons (Fsp3) is 0.400. The Labute approximate surface area is 70.8 Å². The van der Waals surface area contributed by atoms with Gasteiger partial charge in [0.2, 0.25) is 0 Å². The molecule has 0 heterocycles. The molecular weight excluding hydrogens is 186 g/mol. The first-order valence-electron chi connectivity index (χ1n) is 2.82. The maximum atomic E-state index is 9.79. The Morgan fingerprint density at radius 1 is 1.67 bits per heavy atom. The van der Waals surface area contributed by atoms with Crippen LogP contribution in [0.3, 0.4) is 0 Å². The fourth-order valence-corrected chi connectivity index (χ4v) is 0.493. The van der Waals surface area contributed by atoms with E-state index in [1.807, 2.05) is 0 Å². The van der Waals surface area contributed by atoms with Gasteiger partial charge in [-0.05, 0) is 0 Å². The van der Waals surface area contributed by atoms with Gasteiger partial charge in [-0.1, -0.05) is 6.08 Å². The van der Waals surface area contributed by atoms with Crippen LogP contribution in [0.15, 0.2) is 12.7 Å². The summed E-state index contributed by atoms with van der Waals surface area (Å²) in [5.74, 6) is -0.833. The van der Waals surface area contributed by atoms with Crippen LogP contribution in [0.1, 0.15) is 6.92 Å². The zero-order valence-electron chi connectivity index (χ0n) is 6.52. The van der Waals surface area contributed by atoms with Crippen LogP contribution in [-0.2, 0) is 15.1 Å². The smallest absolute Gasteiger partial charge is 0.333 e. The highest BCUT2D eigenvalue weighted by molar-refractivity contribution is 7.83. The average Bonchev–Trinajstić information content (AvgIpc) is 1.80. The third-order valence-electron chi connectivity index (χ3n) is 0.410. The molecule has 0 aliphatic carbocycles. The van der Waals surface area contributed by atoms with Gasteiger partial charge in [0.15, 0.2) is 0 Å². The van der Waals surface area contributed by atoms with Gasteiger partial charge in [0.05, 0.1) is 0 Å². The normalized spacial score (nSPS) is 9.50. The van der Waals surface area contributed by atoms with Gasteiger partial charge in [-0.3, -0.25) is 9.35 Å². The lowest BCUT2D eigenvalue weighted by atomic mass is 10.7. The molecule has 0 amide bonds. The summed E-state index contributed by atoms with van der Waals surface area (Å²) in [6.45, 7) is 4.36. The lowest BCUT2D eigenvalue weighted by Crippen LogP contribution is -2.21. The first kappa shape index (κ1) is 13.7. The van der Waals surface area contributed by atoms with Gasteiger partial charge < -0.3 is 5.11 Å². The molecule has 0 rings (SSSR count). The molecule has 0 atom stereocenters. The van der Waals surface area contributed by atoms with Gasteiger partial charge in [-0.25, -0.2) is 0 Å². The third kappa shape index (κ3) is 35.6. The summed E-state index contributed by atoms with van der Waals surface area (Å²) in [6, 6.07) is 0. The van der Waals surface area contributed by atoms with Crippen molar-refractivity contribution in [3.63, 3.8) is 0 Å². The molecule has 12 heavy (non-hydrogen) atoms. The summed E-state index contributed by atoms with van der Waals surface area (Å²) in [5, 5.41) is 7.42. The summed E-state index contributed by atoms with van der Waals surface area (Å²) < 4.78 is 29.3. The zero-order chi connectivity index (χ0) is 10.2. The Hall–Kier alpha value is -0.920. The number of rotatable bonds is 3. The van der Waals surface area contributed by atoms with Crippen molar-refractivity contribution in [2.24, 2.45) is 0 Å². The van der Waals surface area contributed by atoms with E-state index in [-0.39, 0.29) is 6.54 Å². The van der Waals surface area contributed by atoms with Crippen molar-refractivity contribution in [2.45, 2.75) is 6.92 Å². The minimum absolute atomic E-state index is 0.0544. The van der Waals surface area contributed by atoms with Crippen LogP contribution in [0.2, 0.25) is 0 Å². The molecule has 3 N–H and O–H groups in total. The predicted octanol–water partition coefficient (Wildman–Crippen LogP) is -0.344. The first-order chi connectivity index (χ1) is 5.29.